The maximum atomic E-state index is 11.7. The van der Waals surface area contributed by atoms with E-state index in [-0.39, 0.29) is 11.9 Å². The van der Waals surface area contributed by atoms with E-state index >= 15 is 0 Å². The van der Waals surface area contributed by atoms with Gasteiger partial charge in [0.15, 0.2) is 0 Å². The average Bonchev–Trinajstić information content (AvgIpc) is 2.42. The lowest BCUT2D eigenvalue weighted by Crippen LogP contribution is -2.37. The summed E-state index contributed by atoms with van der Waals surface area (Å²) in [5.74, 6) is 0.565. The minimum atomic E-state index is 0.0748. The summed E-state index contributed by atoms with van der Waals surface area (Å²) in [5, 5.41) is 6.28. The van der Waals surface area contributed by atoms with E-state index in [0.29, 0.717) is 12.5 Å². The maximum Gasteiger partial charge on any atom is 0.233 e. The Balaban J connectivity index is 2.44. The number of hydrogen-bond donors (Lipinski definition) is 2. The summed E-state index contributed by atoms with van der Waals surface area (Å²) in [5.41, 5.74) is 1.25. The van der Waals surface area contributed by atoms with Gasteiger partial charge >= 0.3 is 0 Å². The highest BCUT2D eigenvalue weighted by Crippen LogP contribution is 2.17. The number of carbonyl (C=O) groups excluding carboxylic acids is 1. The third kappa shape index (κ3) is 6.39. The second-order valence-electron chi connectivity index (χ2n) is 5.33. The van der Waals surface area contributed by atoms with Crippen molar-refractivity contribution < 1.29 is 4.79 Å². The first-order valence-corrected chi connectivity index (χ1v) is 7.18. The van der Waals surface area contributed by atoms with Crippen molar-refractivity contribution in [2.75, 3.05) is 13.1 Å². The number of nitrogens with one attached hydrogen (secondary N) is 2. The van der Waals surface area contributed by atoms with Crippen LogP contribution in [0, 0.1) is 5.92 Å². The summed E-state index contributed by atoms with van der Waals surface area (Å²) < 4.78 is 0. The molecule has 0 aliphatic heterocycles. The van der Waals surface area contributed by atoms with Crippen LogP contribution in [-0.2, 0) is 4.79 Å². The number of hydrogen-bond acceptors (Lipinski definition) is 2. The van der Waals surface area contributed by atoms with E-state index < -0.39 is 0 Å². The smallest absolute Gasteiger partial charge is 0.233 e. The van der Waals surface area contributed by atoms with Crippen LogP contribution in [0.5, 0.6) is 0 Å². The molecule has 0 aliphatic carbocycles. The van der Waals surface area contributed by atoms with E-state index in [1.807, 2.05) is 18.2 Å². The molecule has 0 saturated heterocycles. The van der Waals surface area contributed by atoms with Gasteiger partial charge in [0, 0.05) is 12.6 Å². The van der Waals surface area contributed by atoms with Gasteiger partial charge in [-0.3, -0.25) is 4.79 Å². The quantitative estimate of drug-likeness (QED) is 0.756. The highest BCUT2D eigenvalue weighted by molar-refractivity contribution is 5.78. The van der Waals surface area contributed by atoms with E-state index in [1.54, 1.807) is 0 Å². The molecule has 19 heavy (non-hydrogen) atoms. The molecule has 1 atom stereocenters. The lowest BCUT2D eigenvalue weighted by molar-refractivity contribution is -0.120. The Morgan fingerprint density at radius 3 is 2.47 bits per heavy atom. The molecule has 0 aliphatic rings. The minimum absolute atomic E-state index is 0.0748. The zero-order valence-electron chi connectivity index (χ0n) is 12.3. The summed E-state index contributed by atoms with van der Waals surface area (Å²) in [4.78, 5) is 11.7. The third-order valence-corrected chi connectivity index (χ3v) is 3.00. The lowest BCUT2D eigenvalue weighted by atomic mass is 10.0. The molecule has 2 N–H and O–H groups in total. The first-order valence-electron chi connectivity index (χ1n) is 7.18. The van der Waals surface area contributed by atoms with E-state index in [1.165, 1.54) is 5.56 Å². The fourth-order valence-electron chi connectivity index (χ4n) is 1.96. The number of carbonyl (C=O) groups is 1. The van der Waals surface area contributed by atoms with Gasteiger partial charge in [0.1, 0.15) is 0 Å². The van der Waals surface area contributed by atoms with Gasteiger partial charge in [-0.1, -0.05) is 57.5 Å². The molecule has 3 nitrogen and oxygen atoms in total. The third-order valence-electron chi connectivity index (χ3n) is 3.00. The van der Waals surface area contributed by atoms with Crippen LogP contribution in [-0.4, -0.2) is 19.0 Å². The van der Waals surface area contributed by atoms with Crippen molar-refractivity contribution in [3.8, 4) is 0 Å². The van der Waals surface area contributed by atoms with Crippen LogP contribution in [0.1, 0.15) is 45.2 Å². The van der Waals surface area contributed by atoms with Crippen LogP contribution in [0.4, 0.5) is 0 Å². The summed E-state index contributed by atoms with van der Waals surface area (Å²) in [7, 11) is 0. The van der Waals surface area contributed by atoms with Gasteiger partial charge in [0.05, 0.1) is 6.54 Å². The maximum absolute atomic E-state index is 11.7. The van der Waals surface area contributed by atoms with Crippen molar-refractivity contribution in [2.45, 2.75) is 39.7 Å². The fraction of sp³-hybridized carbons (Fsp3) is 0.562. The molecular formula is C16H26N2O. The predicted molar refractivity (Wildman–Crippen MR) is 79.9 cm³/mol. The van der Waals surface area contributed by atoms with Crippen molar-refractivity contribution in [3.05, 3.63) is 35.9 Å². The normalized spacial score (nSPS) is 12.4. The Bertz CT molecular complexity index is 362. The highest BCUT2D eigenvalue weighted by Gasteiger charge is 2.11. The van der Waals surface area contributed by atoms with E-state index in [0.717, 1.165) is 19.4 Å². The Labute approximate surface area is 116 Å². The van der Waals surface area contributed by atoms with Crippen LogP contribution in [0.3, 0.4) is 0 Å². The second-order valence-corrected chi connectivity index (χ2v) is 5.33. The van der Waals surface area contributed by atoms with Gasteiger partial charge in [0.25, 0.3) is 0 Å². The molecule has 0 radical (unpaired) electrons. The van der Waals surface area contributed by atoms with Crippen LogP contribution < -0.4 is 10.6 Å². The van der Waals surface area contributed by atoms with Crippen molar-refractivity contribution in [3.63, 3.8) is 0 Å². The van der Waals surface area contributed by atoms with Crippen molar-refractivity contribution in [1.82, 2.24) is 10.6 Å². The van der Waals surface area contributed by atoms with E-state index in [2.05, 4.69) is 43.5 Å². The Morgan fingerprint density at radius 2 is 1.89 bits per heavy atom. The van der Waals surface area contributed by atoms with Crippen molar-refractivity contribution in [2.24, 2.45) is 5.92 Å². The Morgan fingerprint density at radius 1 is 1.21 bits per heavy atom. The largest absolute Gasteiger partial charge is 0.355 e. The molecule has 1 aromatic rings. The lowest BCUT2D eigenvalue weighted by Gasteiger charge is -2.18. The van der Waals surface area contributed by atoms with Gasteiger partial charge in [-0.25, -0.2) is 0 Å². The molecule has 0 heterocycles. The fourth-order valence-corrected chi connectivity index (χ4v) is 1.96. The zero-order valence-corrected chi connectivity index (χ0v) is 12.3. The molecule has 1 amide bonds. The highest BCUT2D eigenvalue weighted by atomic mass is 16.1. The Kier molecular flexibility index (Phi) is 7.19. The number of benzene rings is 1. The van der Waals surface area contributed by atoms with Crippen molar-refractivity contribution >= 4 is 5.91 Å². The molecule has 1 rings (SSSR count). The van der Waals surface area contributed by atoms with Gasteiger partial charge < -0.3 is 10.6 Å². The first-order chi connectivity index (χ1) is 9.13. The van der Waals surface area contributed by atoms with E-state index in [9.17, 15) is 4.79 Å². The molecule has 1 aromatic carbocycles. The molecule has 106 valence electrons. The number of rotatable bonds is 8. The topological polar surface area (TPSA) is 41.1 Å². The van der Waals surface area contributed by atoms with Crippen LogP contribution in [0.2, 0.25) is 0 Å². The molecule has 0 fully saturated rings. The SMILES string of the molecule is CCCC(NCC(=O)NCC(C)C)c1ccccc1. The summed E-state index contributed by atoms with van der Waals surface area (Å²) >= 11 is 0. The van der Waals surface area contributed by atoms with Crippen LogP contribution in [0.25, 0.3) is 0 Å². The molecule has 0 saturated carbocycles. The summed E-state index contributed by atoms with van der Waals surface area (Å²) in [6.45, 7) is 7.47. The van der Waals surface area contributed by atoms with Crippen molar-refractivity contribution in [1.29, 1.82) is 0 Å². The Hall–Kier alpha value is -1.35. The molecule has 3 heteroatoms. The average molecular weight is 262 g/mol. The molecule has 0 aromatic heterocycles. The van der Waals surface area contributed by atoms with Crippen LogP contribution in [0.15, 0.2) is 30.3 Å². The second kappa shape index (κ2) is 8.70. The minimum Gasteiger partial charge on any atom is -0.355 e. The molecular weight excluding hydrogens is 236 g/mol. The summed E-state index contributed by atoms with van der Waals surface area (Å²) in [6, 6.07) is 10.6. The van der Waals surface area contributed by atoms with Gasteiger partial charge in [-0.15, -0.1) is 0 Å². The summed E-state index contributed by atoms with van der Waals surface area (Å²) in [6.07, 6.45) is 2.14. The standard InChI is InChI=1S/C16H26N2O/c1-4-8-15(14-9-6-5-7-10-14)17-12-16(19)18-11-13(2)3/h5-7,9-10,13,15,17H,4,8,11-12H2,1-3H3,(H,18,19). The predicted octanol–water partition coefficient (Wildman–Crippen LogP) is 2.89. The molecule has 0 bridgehead atoms. The van der Waals surface area contributed by atoms with Gasteiger partial charge in [-0.05, 0) is 17.9 Å². The van der Waals surface area contributed by atoms with Crippen LogP contribution >= 0.6 is 0 Å². The van der Waals surface area contributed by atoms with Gasteiger partial charge in [-0.2, -0.15) is 0 Å². The van der Waals surface area contributed by atoms with E-state index in [4.69, 9.17) is 0 Å². The molecule has 0 spiro atoms. The molecule has 1 unspecified atom stereocenters. The monoisotopic (exact) mass is 262 g/mol. The number of amides is 1. The first kappa shape index (κ1) is 15.7. The van der Waals surface area contributed by atoms with Gasteiger partial charge in [0.2, 0.25) is 5.91 Å². The zero-order chi connectivity index (χ0) is 14.1.